The highest BCUT2D eigenvalue weighted by Crippen LogP contribution is 2.03. The van der Waals surface area contributed by atoms with Crippen molar-refractivity contribution in [3.63, 3.8) is 0 Å². The lowest BCUT2D eigenvalue weighted by Crippen LogP contribution is -2.67. The van der Waals surface area contributed by atoms with E-state index in [1.165, 1.54) is 0 Å². The van der Waals surface area contributed by atoms with Crippen molar-refractivity contribution < 1.29 is 0 Å². The monoisotopic (exact) mass is 250 g/mol. The highest BCUT2D eigenvalue weighted by molar-refractivity contribution is 4.87. The molecule has 6 heteroatoms. The van der Waals surface area contributed by atoms with Gasteiger partial charge in [0.1, 0.15) is 0 Å². The summed E-state index contributed by atoms with van der Waals surface area (Å²) in [6.07, 6.45) is 9.40. The molecule has 3 N–H and O–H groups in total. The van der Waals surface area contributed by atoms with Crippen molar-refractivity contribution >= 4 is 0 Å². The molecule has 0 saturated carbocycles. The maximum absolute atomic E-state index is 3.70. The molecule has 0 aliphatic carbocycles. The Bertz CT molecular complexity index is 301. The van der Waals surface area contributed by atoms with E-state index >= 15 is 0 Å². The van der Waals surface area contributed by atoms with Crippen LogP contribution >= 0.6 is 0 Å². The Kier molecular flexibility index (Phi) is 7.00. The normalized spacial score (nSPS) is 16.8. The average Bonchev–Trinajstić information content (AvgIpc) is 2.41. The molecule has 0 radical (unpaired) electrons. The minimum absolute atomic E-state index is 0.659. The molecule has 0 spiro atoms. The van der Waals surface area contributed by atoms with E-state index in [1.807, 2.05) is 33.8 Å². The summed E-state index contributed by atoms with van der Waals surface area (Å²) >= 11 is 0. The first-order valence-corrected chi connectivity index (χ1v) is 5.90. The fraction of sp³-hybridized carbons (Fsp3) is 0.333. The van der Waals surface area contributed by atoms with E-state index < -0.39 is 0 Å². The Morgan fingerprint density at radius 2 is 1.56 bits per heavy atom. The summed E-state index contributed by atoms with van der Waals surface area (Å²) in [7, 11) is 0. The van der Waals surface area contributed by atoms with Gasteiger partial charge in [0.2, 0.25) is 0 Å². The largest absolute Gasteiger partial charge is 0.234 e. The fourth-order valence-electron chi connectivity index (χ4n) is 1.39. The zero-order chi connectivity index (χ0) is 13.2. The molecule has 0 unspecified atom stereocenters. The van der Waals surface area contributed by atoms with Gasteiger partial charge < -0.3 is 0 Å². The first-order valence-electron chi connectivity index (χ1n) is 5.90. The van der Waals surface area contributed by atoms with Crippen molar-refractivity contribution in [2.45, 2.75) is 0 Å². The first-order chi connectivity index (χ1) is 8.83. The van der Waals surface area contributed by atoms with E-state index in [2.05, 4.69) is 36.0 Å². The summed E-state index contributed by atoms with van der Waals surface area (Å²) in [5.41, 5.74) is 9.62. The van der Waals surface area contributed by atoms with Crippen LogP contribution in [0.2, 0.25) is 0 Å². The van der Waals surface area contributed by atoms with Gasteiger partial charge in [-0.05, 0) is 6.08 Å². The second kappa shape index (κ2) is 8.62. The van der Waals surface area contributed by atoms with Crippen LogP contribution in [-0.4, -0.2) is 41.6 Å². The van der Waals surface area contributed by atoms with E-state index in [4.69, 9.17) is 0 Å². The third kappa shape index (κ3) is 4.44. The quantitative estimate of drug-likeness (QED) is 0.512. The van der Waals surface area contributed by atoms with Gasteiger partial charge in [-0.15, -0.1) is 24.9 Å². The molecule has 0 saturated heterocycles. The molecule has 100 valence electrons. The van der Waals surface area contributed by atoms with Crippen LogP contribution in [0.5, 0.6) is 0 Å². The zero-order valence-electron chi connectivity index (χ0n) is 10.7. The molecule has 0 aromatic rings. The summed E-state index contributed by atoms with van der Waals surface area (Å²) in [6.45, 7) is 13.9. The summed E-state index contributed by atoms with van der Waals surface area (Å²) in [5.74, 6) is 0. The Morgan fingerprint density at radius 3 is 2.22 bits per heavy atom. The van der Waals surface area contributed by atoms with Crippen LogP contribution in [0.25, 0.3) is 0 Å². The van der Waals surface area contributed by atoms with Crippen LogP contribution in [0, 0.1) is 0 Å². The van der Waals surface area contributed by atoms with Crippen molar-refractivity contribution in [2.75, 3.05) is 26.2 Å². The van der Waals surface area contributed by atoms with Gasteiger partial charge in [-0.25, -0.2) is 21.4 Å². The molecule has 0 bridgehead atoms. The number of nitrogens with zero attached hydrogens (tertiary/aromatic N) is 3. The van der Waals surface area contributed by atoms with E-state index in [0.29, 0.717) is 19.6 Å². The predicted molar refractivity (Wildman–Crippen MR) is 74.1 cm³/mol. The molecule has 18 heavy (non-hydrogen) atoms. The zero-order valence-corrected chi connectivity index (χ0v) is 10.7. The molecule has 0 amide bonds. The molecule has 1 heterocycles. The molecule has 6 nitrogen and oxygen atoms in total. The lowest BCUT2D eigenvalue weighted by molar-refractivity contribution is -0.243. The van der Waals surface area contributed by atoms with Crippen LogP contribution in [0.15, 0.2) is 50.2 Å². The van der Waals surface area contributed by atoms with E-state index in [9.17, 15) is 0 Å². The Hall–Kier alpha value is -1.44. The lowest BCUT2D eigenvalue weighted by Gasteiger charge is -2.42. The molecule has 0 aromatic heterocycles. The third-order valence-corrected chi connectivity index (χ3v) is 2.15. The summed E-state index contributed by atoms with van der Waals surface area (Å²) in [5, 5.41) is 5.61. The van der Waals surface area contributed by atoms with Crippen LogP contribution < -0.4 is 16.3 Å². The summed E-state index contributed by atoms with van der Waals surface area (Å²) in [4.78, 5) is 0. The van der Waals surface area contributed by atoms with Gasteiger partial charge in [0.05, 0.1) is 6.54 Å². The smallest absolute Gasteiger partial charge is 0.0522 e. The maximum Gasteiger partial charge on any atom is 0.0522 e. The highest BCUT2D eigenvalue weighted by Gasteiger charge is 2.21. The van der Waals surface area contributed by atoms with Crippen molar-refractivity contribution in [1.29, 1.82) is 0 Å². The van der Waals surface area contributed by atoms with Crippen molar-refractivity contribution in [2.24, 2.45) is 0 Å². The van der Waals surface area contributed by atoms with Gasteiger partial charge in [0, 0.05) is 25.8 Å². The molecular weight excluding hydrogens is 228 g/mol. The predicted octanol–water partition coefficient (Wildman–Crippen LogP) is 0.322. The summed E-state index contributed by atoms with van der Waals surface area (Å²) < 4.78 is 0. The molecular formula is C12H22N6. The third-order valence-electron chi connectivity index (χ3n) is 2.15. The molecule has 1 aliphatic heterocycles. The number of hydrogen-bond donors (Lipinski definition) is 3. The summed E-state index contributed by atoms with van der Waals surface area (Å²) in [6, 6.07) is 0. The number of nitrogens with one attached hydrogen (secondary N) is 3. The molecule has 0 fully saturated rings. The topological polar surface area (TPSA) is 45.8 Å². The SMILES string of the molecule is C=CCNN1C=CCN(NCC=C)N1NCC=C. The van der Waals surface area contributed by atoms with Gasteiger partial charge in [-0.3, -0.25) is 0 Å². The van der Waals surface area contributed by atoms with E-state index in [0.717, 1.165) is 6.54 Å². The Labute approximate surface area is 109 Å². The minimum Gasteiger partial charge on any atom is -0.234 e. The van der Waals surface area contributed by atoms with Crippen molar-refractivity contribution in [1.82, 2.24) is 31.7 Å². The molecule has 1 aliphatic rings. The number of hydrogen-bond acceptors (Lipinski definition) is 6. The van der Waals surface area contributed by atoms with Crippen molar-refractivity contribution in [3.05, 3.63) is 50.2 Å². The highest BCUT2D eigenvalue weighted by atomic mass is 16.1. The Morgan fingerprint density at radius 1 is 0.944 bits per heavy atom. The van der Waals surface area contributed by atoms with Crippen molar-refractivity contribution in [3.8, 4) is 0 Å². The fourth-order valence-corrected chi connectivity index (χ4v) is 1.39. The molecule has 0 aromatic carbocycles. The second-order valence-corrected chi connectivity index (χ2v) is 3.55. The van der Waals surface area contributed by atoms with Crippen LogP contribution in [0.1, 0.15) is 0 Å². The standard InChI is InChI=1S/C12H22N6/c1-4-8-13-16-11-7-12-17(14-9-5-2)18(16)15-10-6-3/h4-7,11,13-15H,1-3,8-10,12H2. The van der Waals surface area contributed by atoms with E-state index in [-0.39, 0.29) is 0 Å². The van der Waals surface area contributed by atoms with Gasteiger partial charge in [-0.1, -0.05) is 23.5 Å². The second-order valence-electron chi connectivity index (χ2n) is 3.55. The van der Waals surface area contributed by atoms with Gasteiger partial charge in [-0.2, -0.15) is 0 Å². The molecule has 0 atom stereocenters. The van der Waals surface area contributed by atoms with Gasteiger partial charge in [0.25, 0.3) is 0 Å². The maximum atomic E-state index is 3.70. The average molecular weight is 250 g/mol. The molecule has 1 rings (SSSR count). The van der Waals surface area contributed by atoms with Crippen LogP contribution in [0.3, 0.4) is 0 Å². The van der Waals surface area contributed by atoms with Gasteiger partial charge >= 0.3 is 0 Å². The van der Waals surface area contributed by atoms with E-state index in [1.54, 1.807) is 12.2 Å². The van der Waals surface area contributed by atoms with Crippen LogP contribution in [0.4, 0.5) is 0 Å². The lowest BCUT2D eigenvalue weighted by atomic mass is 10.5. The minimum atomic E-state index is 0.659. The Balaban J connectivity index is 2.63. The van der Waals surface area contributed by atoms with Crippen LogP contribution in [-0.2, 0) is 0 Å². The first kappa shape index (κ1) is 14.6. The number of rotatable bonds is 9. The van der Waals surface area contributed by atoms with Gasteiger partial charge in [0.15, 0.2) is 0 Å². The number of hydrazine groups is 5.